The molecule has 0 saturated carbocycles. The van der Waals surface area contributed by atoms with Gasteiger partial charge in [-0.15, -0.1) is 0 Å². The average Bonchev–Trinajstić information content (AvgIpc) is 2.81. The summed E-state index contributed by atoms with van der Waals surface area (Å²) in [5, 5.41) is 29.8. The van der Waals surface area contributed by atoms with Crippen LogP contribution < -0.4 is 5.32 Å². The molecule has 0 heterocycles. The number of hydrogen-bond donors (Lipinski definition) is 5. The fourth-order valence-electron chi connectivity index (χ4n) is 3.31. The zero-order valence-electron chi connectivity index (χ0n) is 20.9. The Hall–Kier alpha value is -0.800. The van der Waals surface area contributed by atoms with Crippen molar-refractivity contribution in [1.82, 2.24) is 5.32 Å². The summed E-state index contributed by atoms with van der Waals surface area (Å²) in [5.41, 5.74) is 0. The molecule has 0 aromatic rings. The van der Waals surface area contributed by atoms with Crippen LogP contribution in [0.2, 0.25) is 0 Å². The lowest BCUT2D eigenvalue weighted by Crippen LogP contribution is -2.40. The number of phosphoric ester groups is 1. The first-order valence-electron chi connectivity index (χ1n) is 12.8. The van der Waals surface area contributed by atoms with Crippen molar-refractivity contribution in [2.45, 2.75) is 109 Å². The van der Waals surface area contributed by atoms with E-state index in [1.54, 1.807) is 0 Å². The normalized spacial score (nSPS) is 15.4. The van der Waals surface area contributed by atoms with E-state index in [0.29, 0.717) is 6.54 Å². The van der Waals surface area contributed by atoms with Crippen LogP contribution >= 0.6 is 7.82 Å². The number of aliphatic hydroxyl groups is 2. The maximum atomic E-state index is 11.7. The highest BCUT2D eigenvalue weighted by Crippen LogP contribution is 2.43. The number of aliphatic carboxylic acids is 1. The molecule has 0 bridgehead atoms. The Morgan fingerprint density at radius 1 is 0.882 bits per heavy atom. The van der Waals surface area contributed by atoms with E-state index in [0.717, 1.165) is 32.1 Å². The van der Waals surface area contributed by atoms with Gasteiger partial charge in [-0.1, -0.05) is 76.9 Å². The molecule has 0 rings (SSSR count). The maximum absolute atomic E-state index is 11.7. The molecule has 1 unspecified atom stereocenters. The van der Waals surface area contributed by atoms with Crippen molar-refractivity contribution in [3.63, 3.8) is 0 Å². The molecule has 0 amide bonds. The predicted molar refractivity (Wildman–Crippen MR) is 134 cm³/mol. The number of carboxylic acids is 1. The topological polar surface area (TPSA) is 146 Å². The van der Waals surface area contributed by atoms with E-state index in [-0.39, 0.29) is 0 Å². The molecule has 0 fully saturated rings. The first-order valence-corrected chi connectivity index (χ1v) is 14.3. The van der Waals surface area contributed by atoms with Crippen molar-refractivity contribution in [2.24, 2.45) is 0 Å². The third kappa shape index (κ3) is 21.7. The second kappa shape index (κ2) is 22.7. The number of rotatable bonds is 25. The van der Waals surface area contributed by atoms with Crippen LogP contribution in [0, 0.1) is 0 Å². The lowest BCUT2D eigenvalue weighted by Gasteiger charge is -2.18. The molecule has 5 N–H and O–H groups in total. The highest BCUT2D eigenvalue weighted by molar-refractivity contribution is 7.47. The molecule has 0 aromatic heterocycles. The van der Waals surface area contributed by atoms with Gasteiger partial charge in [0.25, 0.3) is 0 Å². The summed E-state index contributed by atoms with van der Waals surface area (Å²) in [7, 11) is -4.51. The quantitative estimate of drug-likeness (QED) is 0.0679. The SMILES string of the molecule is CCCCCCCC/C=C\CCCCCCCCN[C@@H](COP(=O)(O)OC[C@H](O)CO)C(=O)O. The van der Waals surface area contributed by atoms with E-state index >= 15 is 0 Å². The molecule has 202 valence electrons. The van der Waals surface area contributed by atoms with Gasteiger partial charge >= 0.3 is 13.8 Å². The smallest absolute Gasteiger partial charge is 0.472 e. The number of hydrogen-bond acceptors (Lipinski definition) is 7. The number of allylic oxidation sites excluding steroid dienone is 2. The zero-order chi connectivity index (χ0) is 25.5. The zero-order valence-corrected chi connectivity index (χ0v) is 21.8. The second-order valence-corrected chi connectivity index (χ2v) is 10.1. The fourth-order valence-corrected chi connectivity index (χ4v) is 4.08. The Labute approximate surface area is 205 Å². The summed E-state index contributed by atoms with van der Waals surface area (Å²) in [6.07, 6.45) is 20.1. The van der Waals surface area contributed by atoms with E-state index in [2.05, 4.69) is 33.4 Å². The highest BCUT2D eigenvalue weighted by atomic mass is 31.2. The van der Waals surface area contributed by atoms with Gasteiger partial charge in [0.15, 0.2) is 0 Å². The van der Waals surface area contributed by atoms with Crippen LogP contribution in [-0.4, -0.2) is 64.7 Å². The molecule has 0 aliphatic heterocycles. The summed E-state index contributed by atoms with van der Waals surface area (Å²) in [6.45, 7) is 0.928. The Bertz CT molecular complexity index is 561. The average molecular weight is 510 g/mol. The van der Waals surface area contributed by atoms with Gasteiger partial charge in [-0.3, -0.25) is 13.8 Å². The van der Waals surface area contributed by atoms with Crippen LogP contribution in [0.5, 0.6) is 0 Å². The number of nitrogens with one attached hydrogen (secondary N) is 1. The molecule has 0 aliphatic carbocycles. The fraction of sp³-hybridized carbons (Fsp3) is 0.875. The molecular weight excluding hydrogens is 461 g/mol. The molecule has 3 atom stereocenters. The van der Waals surface area contributed by atoms with E-state index in [1.165, 1.54) is 57.8 Å². The number of carboxylic acid groups (broad SMARTS) is 1. The van der Waals surface area contributed by atoms with Crippen LogP contribution in [0.1, 0.15) is 96.8 Å². The lowest BCUT2D eigenvalue weighted by atomic mass is 10.1. The molecule has 0 radical (unpaired) electrons. The van der Waals surface area contributed by atoms with Crippen molar-refractivity contribution in [3.05, 3.63) is 12.2 Å². The summed E-state index contributed by atoms with van der Waals surface area (Å²) < 4.78 is 20.9. The summed E-state index contributed by atoms with van der Waals surface area (Å²) >= 11 is 0. The third-order valence-corrected chi connectivity index (χ3v) is 6.37. The van der Waals surface area contributed by atoms with E-state index in [9.17, 15) is 19.4 Å². The van der Waals surface area contributed by atoms with Crippen LogP contribution in [0.25, 0.3) is 0 Å². The minimum absolute atomic E-state index is 0.460. The van der Waals surface area contributed by atoms with E-state index < -0.39 is 45.8 Å². The second-order valence-electron chi connectivity index (χ2n) is 8.68. The first-order chi connectivity index (χ1) is 16.3. The summed E-state index contributed by atoms with van der Waals surface area (Å²) in [4.78, 5) is 20.8. The van der Waals surface area contributed by atoms with Gasteiger partial charge in [0.2, 0.25) is 0 Å². The third-order valence-electron chi connectivity index (χ3n) is 5.42. The Morgan fingerprint density at radius 3 is 1.91 bits per heavy atom. The van der Waals surface area contributed by atoms with Gasteiger partial charge in [-0.05, 0) is 38.6 Å². The van der Waals surface area contributed by atoms with Crippen molar-refractivity contribution in [1.29, 1.82) is 0 Å². The molecule has 0 spiro atoms. The van der Waals surface area contributed by atoms with Gasteiger partial charge in [-0.2, -0.15) is 0 Å². The predicted octanol–water partition coefficient (Wildman–Crippen LogP) is 4.55. The Morgan fingerprint density at radius 2 is 1.38 bits per heavy atom. The van der Waals surface area contributed by atoms with Crippen molar-refractivity contribution >= 4 is 13.8 Å². The van der Waals surface area contributed by atoms with Crippen molar-refractivity contribution in [3.8, 4) is 0 Å². The molecule has 9 nitrogen and oxygen atoms in total. The number of unbranched alkanes of at least 4 members (excludes halogenated alkanes) is 12. The van der Waals surface area contributed by atoms with Crippen molar-refractivity contribution < 1.29 is 38.6 Å². The molecule has 0 aliphatic rings. The summed E-state index contributed by atoms with van der Waals surface area (Å²) in [6, 6.07) is -1.14. The van der Waals surface area contributed by atoms with Gasteiger partial charge in [0.05, 0.1) is 19.8 Å². The minimum Gasteiger partial charge on any atom is -0.480 e. The molecular formula is C24H48NO8P. The van der Waals surface area contributed by atoms with Gasteiger partial charge in [-0.25, -0.2) is 4.57 Å². The van der Waals surface area contributed by atoms with Gasteiger partial charge in [0.1, 0.15) is 12.1 Å². The van der Waals surface area contributed by atoms with Crippen molar-refractivity contribution in [2.75, 3.05) is 26.4 Å². The largest absolute Gasteiger partial charge is 0.480 e. The molecule has 34 heavy (non-hydrogen) atoms. The lowest BCUT2D eigenvalue weighted by molar-refractivity contribution is -0.140. The van der Waals surface area contributed by atoms with Gasteiger partial charge < -0.3 is 25.5 Å². The number of aliphatic hydroxyl groups excluding tert-OH is 2. The Kier molecular flexibility index (Phi) is 22.1. The highest BCUT2D eigenvalue weighted by Gasteiger charge is 2.27. The molecule has 0 aromatic carbocycles. The van der Waals surface area contributed by atoms with E-state index in [1.807, 2.05) is 0 Å². The van der Waals surface area contributed by atoms with Crippen LogP contribution in [0.15, 0.2) is 12.2 Å². The van der Waals surface area contributed by atoms with Crippen LogP contribution in [0.4, 0.5) is 0 Å². The number of phosphoric acid groups is 1. The standard InChI is InChI=1S/C24H48NO8P/c1-2-3-4-5-6-7-8-9-10-11-12-13-14-15-16-17-18-25-23(24(28)29)21-33-34(30,31)32-20-22(27)19-26/h9-10,22-23,25-27H,2-8,11-21H2,1H3,(H,28,29)(H,30,31)/b10-9-/t22-,23+/m1/s1. The Balaban J connectivity index is 3.68. The maximum Gasteiger partial charge on any atom is 0.472 e. The van der Waals surface area contributed by atoms with Crippen LogP contribution in [0.3, 0.4) is 0 Å². The molecule has 10 heteroatoms. The minimum atomic E-state index is -4.51. The van der Waals surface area contributed by atoms with Gasteiger partial charge in [0, 0.05) is 0 Å². The monoisotopic (exact) mass is 509 g/mol. The van der Waals surface area contributed by atoms with Crippen LogP contribution in [-0.2, 0) is 18.4 Å². The van der Waals surface area contributed by atoms with E-state index in [4.69, 9.17) is 10.2 Å². The number of carbonyl (C=O) groups is 1. The first kappa shape index (κ1) is 33.2. The molecule has 0 saturated heterocycles. The summed E-state index contributed by atoms with van der Waals surface area (Å²) in [5.74, 6) is -1.19.